The topological polar surface area (TPSA) is 77.0 Å². The Bertz CT molecular complexity index is 874. The summed E-state index contributed by atoms with van der Waals surface area (Å²) in [5.41, 5.74) is 1.91. The second kappa shape index (κ2) is 6.62. The molecule has 1 fully saturated rings. The fraction of sp³-hybridized carbons (Fsp3) is 0.294. The van der Waals surface area contributed by atoms with Crippen LogP contribution in [0.2, 0.25) is 0 Å². The Balaban J connectivity index is 1.52. The van der Waals surface area contributed by atoms with Crippen molar-refractivity contribution >= 4 is 33.3 Å². The van der Waals surface area contributed by atoms with Crippen molar-refractivity contribution in [3.8, 4) is 10.4 Å². The van der Waals surface area contributed by atoms with Crippen molar-refractivity contribution in [1.29, 1.82) is 0 Å². The smallest absolute Gasteiger partial charge is 0.231 e. The Morgan fingerprint density at radius 3 is 3.17 bits per heavy atom. The lowest BCUT2D eigenvalue weighted by atomic mass is 10.0. The lowest BCUT2D eigenvalue weighted by Gasteiger charge is -2.20. The van der Waals surface area contributed by atoms with E-state index in [1.165, 1.54) is 11.3 Å². The van der Waals surface area contributed by atoms with Crippen molar-refractivity contribution in [2.24, 2.45) is 5.92 Å². The molecule has 0 bridgehead atoms. The van der Waals surface area contributed by atoms with Crippen LogP contribution in [0.3, 0.4) is 0 Å². The summed E-state index contributed by atoms with van der Waals surface area (Å²) in [5, 5.41) is 12.5. The molecule has 7 heteroatoms. The maximum atomic E-state index is 12.2. The Morgan fingerprint density at radius 1 is 1.33 bits per heavy atom. The van der Waals surface area contributed by atoms with Crippen LogP contribution in [0.1, 0.15) is 12.8 Å². The molecule has 1 atom stereocenters. The molecule has 4 rings (SSSR count). The van der Waals surface area contributed by atoms with E-state index in [1.807, 2.05) is 18.2 Å². The van der Waals surface area contributed by atoms with Gasteiger partial charge in [-0.15, -0.1) is 0 Å². The van der Waals surface area contributed by atoms with Crippen LogP contribution >= 0.6 is 11.3 Å². The Labute approximate surface area is 142 Å². The number of hydrogen-bond donors (Lipinski definition) is 1. The van der Waals surface area contributed by atoms with Crippen molar-refractivity contribution in [1.82, 2.24) is 15.2 Å². The average Bonchev–Trinajstić information content (AvgIpc) is 3.10. The number of carbonyl (C=O) groups is 1. The summed E-state index contributed by atoms with van der Waals surface area (Å²) in [5.74, 6) is -0.0882. The molecule has 3 heterocycles. The molecule has 1 N–H and O–H groups in total. The average molecular weight is 340 g/mol. The molecule has 1 amide bonds. The molecule has 3 aromatic rings. The number of hydrogen-bond acceptors (Lipinski definition) is 6. The first-order valence-corrected chi connectivity index (χ1v) is 8.67. The SMILES string of the molecule is O=C(Nc1ncc(-c2ccc3nnccc3c2)s1)C1CCCOC1. The van der Waals surface area contributed by atoms with E-state index < -0.39 is 0 Å². The van der Waals surface area contributed by atoms with Crippen molar-refractivity contribution in [2.45, 2.75) is 12.8 Å². The zero-order chi connectivity index (χ0) is 16.4. The molecule has 0 saturated carbocycles. The van der Waals surface area contributed by atoms with Gasteiger partial charge in [0.2, 0.25) is 5.91 Å². The van der Waals surface area contributed by atoms with Gasteiger partial charge in [-0.2, -0.15) is 10.2 Å². The normalized spacial score (nSPS) is 17.8. The third-order valence-electron chi connectivity index (χ3n) is 4.07. The minimum absolute atomic E-state index is 0.00983. The summed E-state index contributed by atoms with van der Waals surface area (Å²) in [6.45, 7) is 1.24. The lowest BCUT2D eigenvalue weighted by Crippen LogP contribution is -2.30. The molecule has 24 heavy (non-hydrogen) atoms. The Hall–Kier alpha value is -2.38. The highest BCUT2D eigenvalue weighted by molar-refractivity contribution is 7.19. The van der Waals surface area contributed by atoms with E-state index >= 15 is 0 Å². The van der Waals surface area contributed by atoms with E-state index in [9.17, 15) is 4.79 Å². The van der Waals surface area contributed by atoms with E-state index in [2.05, 4.69) is 26.6 Å². The molecular formula is C17H16N4O2S. The molecule has 0 spiro atoms. The van der Waals surface area contributed by atoms with Gasteiger partial charge in [0.1, 0.15) is 0 Å². The number of aromatic nitrogens is 3. The fourth-order valence-electron chi connectivity index (χ4n) is 2.76. The number of fused-ring (bicyclic) bond motifs is 1. The van der Waals surface area contributed by atoms with Gasteiger partial charge >= 0.3 is 0 Å². The minimum atomic E-state index is -0.0784. The minimum Gasteiger partial charge on any atom is -0.381 e. The number of rotatable bonds is 3. The van der Waals surface area contributed by atoms with Gasteiger partial charge in [-0.25, -0.2) is 4.98 Å². The standard InChI is InChI=1S/C17H16N4O2S/c22-16(13-2-1-7-23-10-13)20-17-18-9-15(24-17)12-3-4-14-11(8-12)5-6-19-21-14/h3-6,8-9,13H,1-2,7,10H2,(H,18,20,22). The molecule has 2 aromatic heterocycles. The van der Waals surface area contributed by atoms with Crippen LogP contribution < -0.4 is 5.32 Å². The van der Waals surface area contributed by atoms with Crippen molar-refractivity contribution in [3.63, 3.8) is 0 Å². The zero-order valence-corrected chi connectivity index (χ0v) is 13.8. The number of nitrogens with zero attached hydrogens (tertiary/aromatic N) is 3. The molecule has 1 saturated heterocycles. The van der Waals surface area contributed by atoms with E-state index in [4.69, 9.17) is 4.74 Å². The van der Waals surface area contributed by atoms with Crippen LogP contribution in [0.25, 0.3) is 21.3 Å². The lowest BCUT2D eigenvalue weighted by molar-refractivity contribution is -0.123. The second-order valence-corrected chi connectivity index (χ2v) is 6.77. The molecule has 0 radical (unpaired) electrons. The number of benzene rings is 1. The third-order valence-corrected chi connectivity index (χ3v) is 5.03. The van der Waals surface area contributed by atoms with Gasteiger partial charge < -0.3 is 10.1 Å². The Morgan fingerprint density at radius 2 is 2.29 bits per heavy atom. The van der Waals surface area contributed by atoms with Gasteiger partial charge in [0.05, 0.1) is 29.1 Å². The number of ether oxygens (including phenoxy) is 1. The van der Waals surface area contributed by atoms with Gasteiger partial charge in [-0.05, 0) is 36.6 Å². The number of anilines is 1. The number of carbonyl (C=O) groups excluding carboxylic acids is 1. The Kier molecular flexibility index (Phi) is 4.18. The molecule has 1 aliphatic rings. The second-order valence-electron chi connectivity index (χ2n) is 5.74. The van der Waals surface area contributed by atoms with E-state index in [0.29, 0.717) is 11.7 Å². The van der Waals surface area contributed by atoms with Crippen LogP contribution in [0.5, 0.6) is 0 Å². The van der Waals surface area contributed by atoms with E-state index in [-0.39, 0.29) is 11.8 Å². The molecule has 1 aliphatic heterocycles. The monoisotopic (exact) mass is 340 g/mol. The predicted octanol–water partition coefficient (Wildman–Crippen LogP) is 3.12. The van der Waals surface area contributed by atoms with Gasteiger partial charge in [0, 0.05) is 18.2 Å². The highest BCUT2D eigenvalue weighted by Crippen LogP contribution is 2.31. The molecular weight excluding hydrogens is 324 g/mol. The molecule has 1 aromatic carbocycles. The van der Waals surface area contributed by atoms with Crippen LogP contribution in [-0.4, -0.2) is 34.3 Å². The summed E-state index contributed by atoms with van der Waals surface area (Å²) in [4.78, 5) is 17.6. The molecule has 0 aliphatic carbocycles. The van der Waals surface area contributed by atoms with E-state index in [0.717, 1.165) is 40.8 Å². The maximum absolute atomic E-state index is 12.2. The summed E-state index contributed by atoms with van der Waals surface area (Å²) in [6, 6.07) is 7.91. The number of thiazole rings is 1. The summed E-state index contributed by atoms with van der Waals surface area (Å²) in [7, 11) is 0. The number of nitrogens with one attached hydrogen (secondary N) is 1. The predicted molar refractivity (Wildman–Crippen MR) is 92.8 cm³/mol. The molecule has 122 valence electrons. The van der Waals surface area contributed by atoms with Gasteiger partial charge in [0.25, 0.3) is 0 Å². The maximum Gasteiger partial charge on any atom is 0.231 e. The molecule has 6 nitrogen and oxygen atoms in total. The van der Waals surface area contributed by atoms with Crippen LogP contribution in [0.4, 0.5) is 5.13 Å². The van der Waals surface area contributed by atoms with Crippen LogP contribution in [-0.2, 0) is 9.53 Å². The van der Waals surface area contributed by atoms with Gasteiger partial charge in [-0.1, -0.05) is 17.4 Å². The summed E-state index contributed by atoms with van der Waals surface area (Å²) < 4.78 is 5.37. The summed E-state index contributed by atoms with van der Waals surface area (Å²) in [6.07, 6.45) is 5.26. The highest BCUT2D eigenvalue weighted by Gasteiger charge is 2.22. The first kappa shape index (κ1) is 15.2. The highest BCUT2D eigenvalue weighted by atomic mass is 32.1. The fourth-order valence-corrected chi connectivity index (χ4v) is 3.58. The first-order valence-electron chi connectivity index (χ1n) is 7.86. The quantitative estimate of drug-likeness (QED) is 0.793. The largest absolute Gasteiger partial charge is 0.381 e. The summed E-state index contributed by atoms with van der Waals surface area (Å²) >= 11 is 1.47. The van der Waals surface area contributed by atoms with Crippen molar-refractivity contribution in [3.05, 3.63) is 36.7 Å². The van der Waals surface area contributed by atoms with Crippen LogP contribution in [0.15, 0.2) is 36.7 Å². The molecule has 1 unspecified atom stereocenters. The number of amides is 1. The van der Waals surface area contributed by atoms with E-state index in [1.54, 1.807) is 12.4 Å². The van der Waals surface area contributed by atoms with Gasteiger partial charge in [0.15, 0.2) is 5.13 Å². The zero-order valence-electron chi connectivity index (χ0n) is 12.9. The van der Waals surface area contributed by atoms with Crippen molar-refractivity contribution in [2.75, 3.05) is 18.5 Å². The van der Waals surface area contributed by atoms with Crippen molar-refractivity contribution < 1.29 is 9.53 Å². The third kappa shape index (κ3) is 3.13. The van der Waals surface area contributed by atoms with Gasteiger partial charge in [-0.3, -0.25) is 4.79 Å². The first-order chi connectivity index (χ1) is 11.8. The van der Waals surface area contributed by atoms with Crippen LogP contribution in [0, 0.1) is 5.92 Å².